The number of unbranched alkanes of at least 4 members (excludes halogenated alkanes) is 4. The van der Waals surface area contributed by atoms with E-state index in [-0.39, 0.29) is 12.4 Å². The first kappa shape index (κ1) is 24.6. The molecule has 31 heavy (non-hydrogen) atoms. The Kier molecular flexibility index (Phi) is 9.74. The summed E-state index contributed by atoms with van der Waals surface area (Å²) in [7, 11) is 0. The number of benzene rings is 2. The molecule has 0 radical (unpaired) electrons. The summed E-state index contributed by atoms with van der Waals surface area (Å²) in [4.78, 5) is 0. The van der Waals surface area contributed by atoms with Gasteiger partial charge in [-0.25, -0.2) is 0 Å². The molecule has 0 bridgehead atoms. The van der Waals surface area contributed by atoms with Gasteiger partial charge in [-0.05, 0) is 0 Å². The zero-order valence-electron chi connectivity index (χ0n) is 19.2. The van der Waals surface area contributed by atoms with Gasteiger partial charge in [0.25, 0.3) is 0 Å². The summed E-state index contributed by atoms with van der Waals surface area (Å²) in [5, 5.41) is 0. The van der Waals surface area contributed by atoms with E-state index < -0.39 is 21.3 Å². The molecule has 163 valence electrons. The van der Waals surface area contributed by atoms with Crippen molar-refractivity contribution in [3.8, 4) is 11.1 Å². The van der Waals surface area contributed by atoms with Crippen LogP contribution < -0.4 is 12.4 Å². The molecule has 2 aliphatic rings. The molecule has 0 heterocycles. The van der Waals surface area contributed by atoms with Gasteiger partial charge in [0.05, 0.1) is 0 Å². The maximum atomic E-state index is 2.51. The standard InChI is InChI=1S/C13H9.C11H22.C5H5.ClH.Zr/c1-3-7-12-10(5-1)9-11-6-2-4-8-13(11)12;1-3-5-7-9-11-10-8-6-4-2;1-2-4-5-3-1;;/h1-9H;3-10H2,1-2H3;1-3H,4H2;1H;/q;;;;+1/p-1. The van der Waals surface area contributed by atoms with Crippen LogP contribution in [0, 0.1) is 0 Å². The molecule has 0 unspecified atom stereocenters. The predicted molar refractivity (Wildman–Crippen MR) is 129 cm³/mol. The van der Waals surface area contributed by atoms with Crippen molar-refractivity contribution in [2.75, 3.05) is 0 Å². The third kappa shape index (κ3) is 5.48. The van der Waals surface area contributed by atoms with Crippen LogP contribution in [-0.2, 0) is 21.3 Å². The Balaban J connectivity index is 0.00000272. The fourth-order valence-electron chi connectivity index (χ4n) is 5.30. The molecule has 0 aromatic heterocycles. The van der Waals surface area contributed by atoms with Crippen molar-refractivity contribution < 1.29 is 33.7 Å². The molecule has 0 saturated heterocycles. The van der Waals surface area contributed by atoms with Crippen molar-refractivity contribution >= 4 is 3.21 Å². The monoisotopic (exact) mass is 509 g/mol. The van der Waals surface area contributed by atoms with Gasteiger partial charge in [0.1, 0.15) is 0 Å². The van der Waals surface area contributed by atoms with E-state index in [4.69, 9.17) is 0 Å². The number of halogens is 1. The molecule has 2 aromatic carbocycles. The third-order valence-electron chi connectivity index (χ3n) is 6.78. The summed E-state index contributed by atoms with van der Waals surface area (Å²) in [6, 6.07) is 18.6. The maximum absolute atomic E-state index is 2.51. The van der Waals surface area contributed by atoms with Crippen molar-refractivity contribution in [1.82, 2.24) is 0 Å². The van der Waals surface area contributed by atoms with Gasteiger partial charge in [0.2, 0.25) is 0 Å². The molecule has 0 atom stereocenters. The summed E-state index contributed by atoms with van der Waals surface area (Å²) in [5.41, 5.74) is 6.27. The van der Waals surface area contributed by atoms with E-state index in [1.807, 2.05) is 6.49 Å². The Labute approximate surface area is 203 Å². The second-order valence-electron chi connectivity index (χ2n) is 8.86. The van der Waals surface area contributed by atoms with Crippen LogP contribution in [0.2, 0.25) is 0 Å². The maximum Gasteiger partial charge on any atom is -1.00 e. The molecule has 0 amide bonds. The number of hydrogen-bond acceptors (Lipinski definition) is 0. The second kappa shape index (κ2) is 12.3. The summed E-state index contributed by atoms with van der Waals surface area (Å²) in [6.45, 7) is 4.67. The van der Waals surface area contributed by atoms with Crippen molar-refractivity contribution in [1.29, 1.82) is 0 Å². The normalized spacial score (nSPS) is 14.1. The average molecular weight is 511 g/mol. The number of fused-ring (bicyclic) bond motifs is 3. The van der Waals surface area contributed by atoms with Crippen LogP contribution >= 0.6 is 0 Å². The van der Waals surface area contributed by atoms with Gasteiger partial charge in [-0.2, -0.15) is 0 Å². The van der Waals surface area contributed by atoms with Crippen LogP contribution in [0.1, 0.15) is 86.4 Å². The first-order valence-electron chi connectivity index (χ1n) is 12.1. The Bertz CT molecular complexity index is 909. The Hall–Kier alpha value is -1.04. The number of hydrogen-bond donors (Lipinski definition) is 0. The largest absolute Gasteiger partial charge is 1.00 e. The van der Waals surface area contributed by atoms with E-state index in [1.165, 1.54) is 68.9 Å². The smallest absolute Gasteiger partial charge is 1.00 e. The summed E-state index contributed by atoms with van der Waals surface area (Å²) in [5.74, 6) is 0. The number of allylic oxidation sites excluding steroid dienone is 4. The fraction of sp³-hybridized carbons (Fsp3) is 0.414. The minimum Gasteiger partial charge on any atom is -1.00 e. The number of rotatable bonds is 10. The minimum absolute atomic E-state index is 0. The first-order chi connectivity index (χ1) is 14.8. The summed E-state index contributed by atoms with van der Waals surface area (Å²) < 4.78 is 4.51. The third-order valence-corrected chi connectivity index (χ3v) is 15.4. The van der Waals surface area contributed by atoms with Gasteiger partial charge >= 0.3 is 192 Å². The molecule has 0 spiro atoms. The second-order valence-corrected chi connectivity index (χ2v) is 15.6. The summed E-state index contributed by atoms with van der Waals surface area (Å²) >= 11 is -2.06. The van der Waals surface area contributed by atoms with E-state index in [2.05, 4.69) is 80.6 Å². The van der Waals surface area contributed by atoms with Gasteiger partial charge in [-0.3, -0.25) is 0 Å². The minimum atomic E-state index is -2.06. The first-order valence-corrected chi connectivity index (χ1v) is 16.0. The van der Waals surface area contributed by atoms with Crippen molar-refractivity contribution in [3.05, 3.63) is 81.2 Å². The van der Waals surface area contributed by atoms with Gasteiger partial charge in [0.15, 0.2) is 0 Å². The molecule has 0 nitrogen and oxygen atoms in total. The van der Waals surface area contributed by atoms with Gasteiger partial charge in [-0.1, -0.05) is 0 Å². The van der Waals surface area contributed by atoms with Gasteiger partial charge < -0.3 is 12.4 Å². The SMILES string of the molecule is CCCCC[C](CCCCC)=[Zr+]([C]1=CC=CC1)[CH]1c2ccccc2-c2ccccc21.[Cl-]. The average Bonchev–Trinajstić information content (AvgIpc) is 3.42. The molecule has 0 fully saturated rings. The quantitative estimate of drug-likeness (QED) is 0.367. The van der Waals surface area contributed by atoms with Crippen LogP contribution in [0.5, 0.6) is 0 Å². The van der Waals surface area contributed by atoms with Crippen LogP contribution in [0.4, 0.5) is 0 Å². The van der Waals surface area contributed by atoms with Crippen molar-refractivity contribution in [3.63, 3.8) is 0 Å². The van der Waals surface area contributed by atoms with Crippen molar-refractivity contribution in [2.45, 2.75) is 75.3 Å². The molecular weight excluding hydrogens is 475 g/mol. The Morgan fingerprint density at radius 2 is 1.35 bits per heavy atom. The predicted octanol–water partition coefficient (Wildman–Crippen LogP) is 5.56. The Morgan fingerprint density at radius 1 is 0.806 bits per heavy atom. The molecule has 0 aliphatic heterocycles. The van der Waals surface area contributed by atoms with Crippen LogP contribution in [0.3, 0.4) is 0 Å². The zero-order chi connectivity index (χ0) is 20.8. The van der Waals surface area contributed by atoms with Gasteiger partial charge in [-0.15, -0.1) is 0 Å². The molecular formula is C29H36ClZr. The molecule has 2 aromatic rings. The molecule has 0 saturated carbocycles. The van der Waals surface area contributed by atoms with E-state index in [9.17, 15) is 0 Å². The zero-order valence-corrected chi connectivity index (χ0v) is 22.4. The molecule has 4 rings (SSSR count). The van der Waals surface area contributed by atoms with Crippen LogP contribution in [0.15, 0.2) is 70.0 Å². The van der Waals surface area contributed by atoms with E-state index in [0.717, 1.165) is 0 Å². The van der Waals surface area contributed by atoms with E-state index in [0.29, 0.717) is 3.63 Å². The fourth-order valence-corrected chi connectivity index (χ4v) is 14.8. The van der Waals surface area contributed by atoms with Crippen molar-refractivity contribution in [2.24, 2.45) is 0 Å². The van der Waals surface area contributed by atoms with Gasteiger partial charge in [0, 0.05) is 0 Å². The molecule has 0 N–H and O–H groups in total. The summed E-state index contributed by atoms with van der Waals surface area (Å²) in [6.07, 6.45) is 19.4. The topological polar surface area (TPSA) is 0 Å². The Morgan fingerprint density at radius 3 is 1.84 bits per heavy atom. The van der Waals surface area contributed by atoms with E-state index >= 15 is 0 Å². The molecule has 2 aliphatic carbocycles. The van der Waals surface area contributed by atoms with Crippen LogP contribution in [0.25, 0.3) is 11.1 Å². The van der Waals surface area contributed by atoms with Crippen LogP contribution in [-0.4, -0.2) is 3.21 Å². The molecule has 2 heteroatoms. The van der Waals surface area contributed by atoms with E-state index in [1.54, 1.807) is 11.1 Å².